The van der Waals surface area contributed by atoms with E-state index in [0.29, 0.717) is 16.9 Å². The van der Waals surface area contributed by atoms with Crippen LogP contribution in [0.1, 0.15) is 34.2 Å². The highest BCUT2D eigenvalue weighted by atomic mass is 32.2. The van der Waals surface area contributed by atoms with Crippen molar-refractivity contribution < 1.29 is 31.6 Å². The summed E-state index contributed by atoms with van der Waals surface area (Å²) < 4.78 is 51.6. The molecule has 0 aliphatic heterocycles. The summed E-state index contributed by atoms with van der Waals surface area (Å²) in [6.07, 6.45) is 0.217. The van der Waals surface area contributed by atoms with Gasteiger partial charge in [-0.3, -0.25) is 4.79 Å². The molecule has 1 unspecified atom stereocenters. The van der Waals surface area contributed by atoms with Crippen molar-refractivity contribution in [2.45, 2.75) is 38.3 Å². The molecule has 2 N–H and O–H groups in total. The van der Waals surface area contributed by atoms with Gasteiger partial charge in [0.25, 0.3) is 5.91 Å². The van der Waals surface area contributed by atoms with Gasteiger partial charge < -0.3 is 14.5 Å². The van der Waals surface area contributed by atoms with Crippen molar-refractivity contribution in [1.82, 2.24) is 4.72 Å². The number of hydrogen-bond donors (Lipinski definition) is 2. The topological polar surface area (TPSA) is 115 Å². The average Bonchev–Trinajstić information content (AvgIpc) is 3.29. The Balaban J connectivity index is 1.69. The van der Waals surface area contributed by atoms with Gasteiger partial charge in [-0.15, -0.1) is 0 Å². The van der Waals surface area contributed by atoms with Crippen molar-refractivity contribution in [1.29, 1.82) is 0 Å². The quantitative estimate of drug-likeness (QED) is 0.481. The lowest BCUT2D eigenvalue weighted by atomic mass is 10.1. The smallest absolute Gasteiger partial charge is 0.339 e. The molecule has 8 nitrogen and oxygen atoms in total. The summed E-state index contributed by atoms with van der Waals surface area (Å²) in [6.45, 7) is 4.51. The molecule has 1 aromatic heterocycles. The first kappa shape index (κ1) is 24.1. The molecule has 0 aliphatic rings. The zero-order valence-electron chi connectivity index (χ0n) is 18.2. The van der Waals surface area contributed by atoms with Crippen LogP contribution < -0.4 is 10.0 Å². The lowest BCUT2D eigenvalue weighted by molar-refractivity contribution is -0.123. The van der Waals surface area contributed by atoms with Gasteiger partial charge in [-0.25, -0.2) is 22.3 Å². The first-order valence-electron chi connectivity index (χ1n) is 9.97. The molecule has 0 radical (unpaired) electrons. The number of aryl methyl sites for hydroxylation is 2. The van der Waals surface area contributed by atoms with Crippen LogP contribution in [0.2, 0.25) is 0 Å². The Morgan fingerprint density at radius 2 is 1.82 bits per heavy atom. The Hall–Kier alpha value is -3.50. The molecular weight excluding hydrogens is 451 g/mol. The maximum absolute atomic E-state index is 13.7. The SMILES string of the molecule is Cc1ccc(NC(=O)C(C)OC(=O)c2cc(S(=O)(=O)NCc3ccco3)ccc2C)cc1F. The van der Waals surface area contributed by atoms with Crippen LogP contribution in [0.5, 0.6) is 0 Å². The molecule has 1 amide bonds. The van der Waals surface area contributed by atoms with Gasteiger partial charge in [0, 0.05) is 5.69 Å². The van der Waals surface area contributed by atoms with E-state index in [0.717, 1.165) is 6.07 Å². The number of ether oxygens (including phenoxy) is 1. The normalized spacial score (nSPS) is 12.2. The number of anilines is 1. The minimum atomic E-state index is -3.93. The van der Waals surface area contributed by atoms with E-state index < -0.39 is 33.8 Å². The van der Waals surface area contributed by atoms with E-state index in [1.54, 1.807) is 26.0 Å². The first-order chi connectivity index (χ1) is 15.6. The van der Waals surface area contributed by atoms with Gasteiger partial charge in [0.1, 0.15) is 11.6 Å². The maximum Gasteiger partial charge on any atom is 0.339 e. The fourth-order valence-corrected chi connectivity index (χ4v) is 3.86. The zero-order chi connectivity index (χ0) is 24.2. The first-order valence-corrected chi connectivity index (χ1v) is 11.5. The molecule has 0 aliphatic carbocycles. The Morgan fingerprint density at radius 1 is 1.09 bits per heavy atom. The molecule has 3 aromatic rings. The van der Waals surface area contributed by atoms with E-state index in [4.69, 9.17) is 9.15 Å². The highest BCUT2D eigenvalue weighted by Crippen LogP contribution is 2.19. The predicted octanol–water partition coefficient (Wildman–Crippen LogP) is 3.70. The van der Waals surface area contributed by atoms with Crippen LogP contribution in [-0.2, 0) is 26.1 Å². The molecule has 2 aromatic carbocycles. The zero-order valence-corrected chi connectivity index (χ0v) is 19.0. The van der Waals surface area contributed by atoms with E-state index in [-0.39, 0.29) is 22.7 Å². The molecule has 0 spiro atoms. The van der Waals surface area contributed by atoms with E-state index in [2.05, 4.69) is 10.0 Å². The Morgan fingerprint density at radius 3 is 2.48 bits per heavy atom. The fraction of sp³-hybridized carbons (Fsp3) is 0.217. The second kappa shape index (κ2) is 9.97. The number of rotatable bonds is 8. The van der Waals surface area contributed by atoms with Crippen LogP contribution in [0.15, 0.2) is 64.1 Å². The molecule has 0 fully saturated rings. The second-order valence-electron chi connectivity index (χ2n) is 7.38. The summed E-state index contributed by atoms with van der Waals surface area (Å²) in [5.74, 6) is -1.58. The minimum absolute atomic E-state index is 0.00287. The summed E-state index contributed by atoms with van der Waals surface area (Å²) >= 11 is 0. The number of halogens is 1. The highest BCUT2D eigenvalue weighted by molar-refractivity contribution is 7.89. The third-order valence-corrected chi connectivity index (χ3v) is 6.25. The number of amides is 1. The maximum atomic E-state index is 13.7. The van der Waals surface area contributed by atoms with Crippen molar-refractivity contribution in [2.75, 3.05) is 5.32 Å². The molecule has 0 saturated carbocycles. The van der Waals surface area contributed by atoms with Crippen LogP contribution in [0.25, 0.3) is 0 Å². The standard InChI is InChI=1S/C23H23FN2O6S/c1-14-7-9-19(33(29,30)25-13-18-5-4-10-31-18)12-20(14)23(28)32-16(3)22(27)26-17-8-6-15(2)21(24)11-17/h4-12,16,25H,13H2,1-3H3,(H,26,27). The largest absolute Gasteiger partial charge is 0.468 e. The molecule has 1 heterocycles. The van der Waals surface area contributed by atoms with Gasteiger partial charge in [-0.05, 0) is 68.3 Å². The average molecular weight is 475 g/mol. The Kier molecular flexibility index (Phi) is 7.29. The number of nitrogens with one attached hydrogen (secondary N) is 2. The molecule has 10 heteroatoms. The van der Waals surface area contributed by atoms with Crippen molar-refractivity contribution in [3.8, 4) is 0 Å². The molecule has 174 valence electrons. The van der Waals surface area contributed by atoms with Crippen LogP contribution in [0.4, 0.5) is 10.1 Å². The van der Waals surface area contributed by atoms with E-state index in [1.807, 2.05) is 0 Å². The third-order valence-electron chi connectivity index (χ3n) is 4.85. The number of hydrogen-bond acceptors (Lipinski definition) is 6. The van der Waals surface area contributed by atoms with Crippen LogP contribution in [-0.4, -0.2) is 26.4 Å². The Labute approximate surface area is 190 Å². The number of sulfonamides is 1. The molecule has 3 rings (SSSR count). The number of benzene rings is 2. The van der Waals surface area contributed by atoms with Crippen molar-refractivity contribution in [3.05, 3.63) is 83.1 Å². The van der Waals surface area contributed by atoms with Gasteiger partial charge in [0.15, 0.2) is 6.10 Å². The van der Waals surface area contributed by atoms with Gasteiger partial charge in [-0.2, -0.15) is 0 Å². The van der Waals surface area contributed by atoms with E-state index in [9.17, 15) is 22.4 Å². The fourth-order valence-electron chi connectivity index (χ4n) is 2.84. The minimum Gasteiger partial charge on any atom is -0.468 e. The number of furan rings is 1. The molecule has 33 heavy (non-hydrogen) atoms. The number of esters is 1. The van der Waals surface area contributed by atoms with Crippen LogP contribution in [0, 0.1) is 19.7 Å². The van der Waals surface area contributed by atoms with E-state index in [1.165, 1.54) is 43.5 Å². The van der Waals surface area contributed by atoms with Crippen molar-refractivity contribution >= 4 is 27.6 Å². The Bertz CT molecular complexity index is 1270. The predicted molar refractivity (Wildman–Crippen MR) is 119 cm³/mol. The van der Waals surface area contributed by atoms with Crippen LogP contribution >= 0.6 is 0 Å². The molecule has 0 saturated heterocycles. The molecular formula is C23H23FN2O6S. The third kappa shape index (κ3) is 6.05. The van der Waals surface area contributed by atoms with Gasteiger partial charge in [0.05, 0.1) is 23.3 Å². The highest BCUT2D eigenvalue weighted by Gasteiger charge is 2.23. The molecule has 0 bridgehead atoms. The van der Waals surface area contributed by atoms with E-state index >= 15 is 0 Å². The lowest BCUT2D eigenvalue weighted by Gasteiger charge is -2.15. The summed E-state index contributed by atoms with van der Waals surface area (Å²) in [7, 11) is -3.93. The van der Waals surface area contributed by atoms with Gasteiger partial charge >= 0.3 is 5.97 Å². The van der Waals surface area contributed by atoms with Crippen LogP contribution in [0.3, 0.4) is 0 Å². The molecule has 1 atom stereocenters. The summed E-state index contributed by atoms with van der Waals surface area (Å²) in [5.41, 5.74) is 1.12. The monoisotopic (exact) mass is 474 g/mol. The second-order valence-corrected chi connectivity index (χ2v) is 9.15. The van der Waals surface area contributed by atoms with Crippen molar-refractivity contribution in [3.63, 3.8) is 0 Å². The summed E-state index contributed by atoms with van der Waals surface area (Å²) in [4.78, 5) is 24.9. The van der Waals surface area contributed by atoms with Gasteiger partial charge in [0.2, 0.25) is 10.0 Å². The van der Waals surface area contributed by atoms with Gasteiger partial charge in [-0.1, -0.05) is 12.1 Å². The lowest BCUT2D eigenvalue weighted by Crippen LogP contribution is -2.30. The number of carbonyl (C=O) groups is 2. The summed E-state index contributed by atoms with van der Waals surface area (Å²) in [5, 5.41) is 2.48. The van der Waals surface area contributed by atoms with Crippen molar-refractivity contribution in [2.24, 2.45) is 0 Å². The number of carbonyl (C=O) groups excluding carboxylic acids is 2. The summed E-state index contributed by atoms with van der Waals surface area (Å²) in [6, 6.07) is 11.5.